The Morgan fingerprint density at radius 2 is 1.47 bits per heavy atom. The predicted octanol–water partition coefficient (Wildman–Crippen LogP) is 6.71. The fourth-order valence-electron chi connectivity index (χ4n) is 5.96. The Kier molecular flexibility index (Phi) is 3.70. The largest absolute Gasteiger partial charge is 0.357 e. The molecule has 0 aliphatic heterocycles. The first-order valence-corrected chi connectivity index (χ1v) is 12.8. The van der Waals surface area contributed by atoms with Gasteiger partial charge in [-0.2, -0.15) is 9.97 Å². The van der Waals surface area contributed by atoms with E-state index in [0.717, 1.165) is 32.0 Å². The van der Waals surface area contributed by atoms with Crippen molar-refractivity contribution in [3.8, 4) is 17.1 Å². The number of fused-ring (bicyclic) bond motifs is 9. The predicted molar refractivity (Wildman–Crippen MR) is 147 cm³/mol. The molecule has 0 unspecified atom stereocenters. The van der Waals surface area contributed by atoms with Crippen molar-refractivity contribution < 1.29 is 0 Å². The van der Waals surface area contributed by atoms with Crippen LogP contribution in [0.1, 0.15) is 25.0 Å². The van der Waals surface area contributed by atoms with Gasteiger partial charge in [-0.1, -0.05) is 79.8 Å². The standard InChI is InChI=1S/C30H20N4OS/c1-30(2)21-11-5-3-9-17(21)19-15-20-18-10-4-6-12-23(18)33(25(20)16-22(19)30)27-31-28(35)34-24-13-7-8-14-26(24)36-29(34)32-27/h3-16H,1-2H3. The van der Waals surface area contributed by atoms with E-state index < -0.39 is 0 Å². The lowest BCUT2D eigenvalue weighted by atomic mass is 9.82. The molecule has 0 spiro atoms. The minimum Gasteiger partial charge on any atom is -0.278 e. The van der Waals surface area contributed by atoms with Crippen molar-refractivity contribution in [1.29, 1.82) is 0 Å². The summed E-state index contributed by atoms with van der Waals surface area (Å²) in [5.74, 6) is 0.408. The van der Waals surface area contributed by atoms with E-state index >= 15 is 0 Å². The summed E-state index contributed by atoms with van der Waals surface area (Å²) >= 11 is 1.51. The van der Waals surface area contributed by atoms with Gasteiger partial charge in [-0.25, -0.2) is 9.20 Å². The topological polar surface area (TPSA) is 52.2 Å². The fraction of sp³-hybridized carbons (Fsp3) is 0.100. The van der Waals surface area contributed by atoms with Crippen molar-refractivity contribution >= 4 is 48.3 Å². The Morgan fingerprint density at radius 1 is 0.722 bits per heavy atom. The first-order valence-electron chi connectivity index (χ1n) is 12.0. The third-order valence-electron chi connectivity index (χ3n) is 7.66. The molecule has 3 heterocycles. The van der Waals surface area contributed by atoms with Gasteiger partial charge in [0.05, 0.1) is 21.3 Å². The maximum Gasteiger partial charge on any atom is 0.357 e. The van der Waals surface area contributed by atoms with Gasteiger partial charge in [0, 0.05) is 16.2 Å². The molecule has 172 valence electrons. The van der Waals surface area contributed by atoms with Crippen LogP contribution >= 0.6 is 11.3 Å². The number of para-hydroxylation sites is 2. The quantitative estimate of drug-likeness (QED) is 0.260. The van der Waals surface area contributed by atoms with E-state index in [9.17, 15) is 4.79 Å². The van der Waals surface area contributed by atoms with Crippen molar-refractivity contribution in [2.24, 2.45) is 0 Å². The van der Waals surface area contributed by atoms with Crippen LogP contribution in [0.25, 0.3) is 54.1 Å². The van der Waals surface area contributed by atoms with Crippen LogP contribution in [0.5, 0.6) is 0 Å². The van der Waals surface area contributed by atoms with E-state index in [2.05, 4.69) is 78.0 Å². The van der Waals surface area contributed by atoms with Crippen LogP contribution < -0.4 is 5.69 Å². The van der Waals surface area contributed by atoms with Crippen LogP contribution in [0.4, 0.5) is 0 Å². The maximum atomic E-state index is 13.3. The molecule has 0 radical (unpaired) electrons. The maximum absolute atomic E-state index is 13.3. The summed E-state index contributed by atoms with van der Waals surface area (Å²) in [6, 6.07) is 29.4. The Hall–Kier alpha value is -4.29. The lowest BCUT2D eigenvalue weighted by molar-refractivity contribution is 0.661. The number of benzene rings is 4. The summed E-state index contributed by atoms with van der Waals surface area (Å²) in [5.41, 5.74) is 7.58. The highest BCUT2D eigenvalue weighted by molar-refractivity contribution is 7.23. The van der Waals surface area contributed by atoms with E-state index in [1.54, 1.807) is 4.40 Å². The van der Waals surface area contributed by atoms with Crippen molar-refractivity contribution in [2.75, 3.05) is 0 Å². The van der Waals surface area contributed by atoms with Gasteiger partial charge in [0.1, 0.15) is 0 Å². The summed E-state index contributed by atoms with van der Waals surface area (Å²) in [4.78, 5) is 23.4. The zero-order valence-corrected chi connectivity index (χ0v) is 20.5. The van der Waals surface area contributed by atoms with Gasteiger partial charge in [0.15, 0.2) is 0 Å². The lowest BCUT2D eigenvalue weighted by Crippen LogP contribution is -2.20. The monoisotopic (exact) mass is 484 g/mol. The van der Waals surface area contributed by atoms with E-state index in [-0.39, 0.29) is 11.1 Å². The Labute approximate surface area is 209 Å². The summed E-state index contributed by atoms with van der Waals surface area (Å²) in [6.07, 6.45) is 0. The molecule has 0 N–H and O–H groups in total. The lowest BCUT2D eigenvalue weighted by Gasteiger charge is -2.21. The smallest absolute Gasteiger partial charge is 0.278 e. The van der Waals surface area contributed by atoms with Gasteiger partial charge in [0.25, 0.3) is 0 Å². The summed E-state index contributed by atoms with van der Waals surface area (Å²) in [6.45, 7) is 4.56. The summed E-state index contributed by atoms with van der Waals surface area (Å²) in [7, 11) is 0. The average Bonchev–Trinajstić information content (AvgIpc) is 3.50. The highest BCUT2D eigenvalue weighted by atomic mass is 32.1. The molecule has 0 fully saturated rings. The van der Waals surface area contributed by atoms with Crippen LogP contribution in [-0.2, 0) is 5.41 Å². The molecule has 0 bridgehead atoms. The Bertz CT molecular complexity index is 2110. The van der Waals surface area contributed by atoms with Gasteiger partial charge < -0.3 is 0 Å². The average molecular weight is 485 g/mol. The Morgan fingerprint density at radius 3 is 2.36 bits per heavy atom. The van der Waals surface area contributed by atoms with Gasteiger partial charge in [0.2, 0.25) is 10.9 Å². The molecule has 0 amide bonds. The van der Waals surface area contributed by atoms with Crippen LogP contribution in [-0.4, -0.2) is 18.9 Å². The number of rotatable bonds is 1. The third kappa shape index (κ3) is 2.41. The minimum atomic E-state index is -0.313. The molecule has 5 nitrogen and oxygen atoms in total. The van der Waals surface area contributed by atoms with Gasteiger partial charge in [-0.3, -0.25) is 4.57 Å². The number of nitrogens with zero attached hydrogens (tertiary/aromatic N) is 4. The van der Waals surface area contributed by atoms with Gasteiger partial charge in [-0.05, 0) is 52.6 Å². The molecule has 3 aromatic heterocycles. The molecule has 4 aromatic carbocycles. The zero-order valence-electron chi connectivity index (χ0n) is 19.7. The second-order valence-electron chi connectivity index (χ2n) is 9.93. The molecular weight excluding hydrogens is 464 g/mol. The molecule has 8 rings (SSSR count). The van der Waals surface area contributed by atoms with Gasteiger partial charge >= 0.3 is 5.69 Å². The SMILES string of the molecule is CC1(C)c2ccccc2-c2cc3c4ccccc4n(-c4nc(=O)n5c(n4)sc4ccccc45)c3cc21. The van der Waals surface area contributed by atoms with Crippen LogP contribution in [0.2, 0.25) is 0 Å². The van der Waals surface area contributed by atoms with E-state index in [4.69, 9.17) is 4.98 Å². The molecule has 6 heteroatoms. The molecular formula is C30H20N4OS. The highest BCUT2D eigenvalue weighted by Crippen LogP contribution is 2.50. The van der Waals surface area contributed by atoms with E-state index in [1.807, 2.05) is 30.3 Å². The minimum absolute atomic E-state index is 0.128. The Balaban J connectivity index is 1.50. The molecule has 0 saturated heterocycles. The number of hydrogen-bond acceptors (Lipinski definition) is 4. The van der Waals surface area contributed by atoms with E-state index in [1.165, 1.54) is 33.6 Å². The van der Waals surface area contributed by atoms with Crippen molar-refractivity contribution in [2.45, 2.75) is 19.3 Å². The first-order chi connectivity index (χ1) is 17.5. The second-order valence-corrected chi connectivity index (χ2v) is 10.9. The molecule has 0 saturated carbocycles. The van der Waals surface area contributed by atoms with Crippen molar-refractivity contribution in [3.63, 3.8) is 0 Å². The second kappa shape index (κ2) is 6.68. The number of thiazole rings is 1. The van der Waals surface area contributed by atoms with Crippen LogP contribution in [0, 0.1) is 0 Å². The van der Waals surface area contributed by atoms with Crippen molar-refractivity contribution in [1.82, 2.24) is 18.9 Å². The molecule has 0 atom stereocenters. The first kappa shape index (κ1) is 20.0. The van der Waals surface area contributed by atoms with Gasteiger partial charge in [-0.15, -0.1) is 0 Å². The number of aromatic nitrogens is 4. The third-order valence-corrected chi connectivity index (χ3v) is 8.68. The van der Waals surface area contributed by atoms with E-state index in [0.29, 0.717) is 10.9 Å². The van der Waals surface area contributed by atoms with Crippen LogP contribution in [0.3, 0.4) is 0 Å². The summed E-state index contributed by atoms with van der Waals surface area (Å²) in [5, 5.41) is 2.26. The number of hydrogen-bond donors (Lipinski definition) is 0. The highest BCUT2D eigenvalue weighted by Gasteiger charge is 2.36. The van der Waals surface area contributed by atoms with Crippen LogP contribution in [0.15, 0.2) is 89.7 Å². The zero-order chi connectivity index (χ0) is 24.2. The normalized spacial score (nSPS) is 14.2. The fourth-order valence-corrected chi connectivity index (χ4v) is 6.96. The molecule has 7 aromatic rings. The molecule has 36 heavy (non-hydrogen) atoms. The van der Waals surface area contributed by atoms with Crippen molar-refractivity contribution in [3.05, 3.63) is 107 Å². The summed E-state index contributed by atoms with van der Waals surface area (Å²) < 4.78 is 4.67. The molecule has 1 aliphatic rings. The molecule has 1 aliphatic carbocycles.